The molecule has 1 aliphatic rings. The molecule has 0 unspecified atom stereocenters. The molecule has 3 aromatic rings. The topological polar surface area (TPSA) is 49.3 Å². The minimum Gasteiger partial charge on any atom is -0.338 e. The first-order valence-electron chi connectivity index (χ1n) is 11.5. The number of amides is 1. The zero-order chi connectivity index (χ0) is 22.2. The van der Waals surface area contributed by atoms with Crippen LogP contribution in [0.15, 0.2) is 73.3 Å². The number of aryl methyl sites for hydroxylation is 1. The summed E-state index contributed by atoms with van der Waals surface area (Å²) < 4.78 is 0. The van der Waals surface area contributed by atoms with Crippen molar-refractivity contribution < 1.29 is 4.79 Å². The van der Waals surface area contributed by atoms with Crippen molar-refractivity contribution in [1.82, 2.24) is 19.8 Å². The van der Waals surface area contributed by atoms with E-state index < -0.39 is 0 Å². The molecule has 1 aliphatic heterocycles. The van der Waals surface area contributed by atoms with Gasteiger partial charge in [0.15, 0.2) is 0 Å². The molecule has 0 spiro atoms. The van der Waals surface area contributed by atoms with Crippen molar-refractivity contribution in [2.75, 3.05) is 19.6 Å². The van der Waals surface area contributed by atoms with Crippen LogP contribution in [0.3, 0.4) is 0 Å². The second kappa shape index (κ2) is 11.0. The lowest BCUT2D eigenvalue weighted by Gasteiger charge is -2.35. The second-order valence-corrected chi connectivity index (χ2v) is 8.82. The molecule has 0 N–H and O–H groups in total. The molecule has 3 heterocycles. The fourth-order valence-electron chi connectivity index (χ4n) is 4.42. The number of carbonyl (C=O) groups excluding carboxylic acids is 1. The normalized spacial score (nSPS) is 14.9. The van der Waals surface area contributed by atoms with E-state index in [9.17, 15) is 4.79 Å². The minimum absolute atomic E-state index is 0.157. The molecule has 0 saturated carbocycles. The van der Waals surface area contributed by atoms with Crippen molar-refractivity contribution in [3.05, 3.63) is 95.6 Å². The zero-order valence-electron chi connectivity index (χ0n) is 18.9. The Morgan fingerprint density at radius 1 is 0.969 bits per heavy atom. The van der Waals surface area contributed by atoms with Crippen LogP contribution in [0.1, 0.15) is 35.1 Å². The Hall–Kier alpha value is -3.05. The fraction of sp³-hybridized carbons (Fsp3) is 0.370. The summed E-state index contributed by atoms with van der Waals surface area (Å²) in [5.74, 6) is 0.682. The molecule has 1 saturated heterocycles. The fourth-order valence-corrected chi connectivity index (χ4v) is 4.42. The second-order valence-electron chi connectivity index (χ2n) is 8.82. The van der Waals surface area contributed by atoms with Crippen molar-refractivity contribution in [2.24, 2.45) is 5.92 Å². The van der Waals surface area contributed by atoms with Crippen LogP contribution in [0.5, 0.6) is 0 Å². The van der Waals surface area contributed by atoms with Gasteiger partial charge in [-0.25, -0.2) is 0 Å². The summed E-state index contributed by atoms with van der Waals surface area (Å²) in [6, 6.07) is 16.5. The van der Waals surface area contributed by atoms with Crippen LogP contribution >= 0.6 is 0 Å². The van der Waals surface area contributed by atoms with Crippen LogP contribution in [0, 0.1) is 12.8 Å². The SMILES string of the molecule is Cc1ccccc1CN1CCC(CN(Cc2cccnc2)C(=O)Cc2cccnc2)CC1. The average molecular weight is 429 g/mol. The number of benzene rings is 1. The van der Waals surface area contributed by atoms with Gasteiger partial charge in [-0.2, -0.15) is 0 Å². The Kier molecular flexibility index (Phi) is 7.62. The highest BCUT2D eigenvalue weighted by Crippen LogP contribution is 2.22. The van der Waals surface area contributed by atoms with Crippen LogP contribution in [-0.4, -0.2) is 45.3 Å². The molecule has 0 atom stereocenters. The average Bonchev–Trinajstić information content (AvgIpc) is 2.82. The summed E-state index contributed by atoms with van der Waals surface area (Å²) in [5.41, 5.74) is 4.81. The first-order chi connectivity index (χ1) is 15.7. The van der Waals surface area contributed by atoms with Gasteiger partial charge in [-0.15, -0.1) is 0 Å². The van der Waals surface area contributed by atoms with Crippen LogP contribution in [-0.2, 0) is 24.3 Å². The third-order valence-electron chi connectivity index (χ3n) is 6.37. The minimum atomic E-state index is 0.157. The Bertz CT molecular complexity index is 985. The molecule has 5 nitrogen and oxygen atoms in total. The first kappa shape index (κ1) is 22.2. The van der Waals surface area contributed by atoms with E-state index in [0.29, 0.717) is 18.9 Å². The first-order valence-corrected chi connectivity index (χ1v) is 11.5. The lowest BCUT2D eigenvalue weighted by atomic mass is 9.95. The van der Waals surface area contributed by atoms with Gasteiger partial charge in [-0.1, -0.05) is 36.4 Å². The summed E-state index contributed by atoms with van der Waals surface area (Å²) in [7, 11) is 0. The van der Waals surface area contributed by atoms with Crippen molar-refractivity contribution in [1.29, 1.82) is 0 Å². The van der Waals surface area contributed by atoms with Gasteiger partial charge in [0.2, 0.25) is 5.91 Å². The van der Waals surface area contributed by atoms with Gasteiger partial charge in [-0.05, 0) is 73.2 Å². The third kappa shape index (κ3) is 6.24. The van der Waals surface area contributed by atoms with E-state index in [2.05, 4.69) is 46.1 Å². The Morgan fingerprint density at radius 2 is 1.66 bits per heavy atom. The summed E-state index contributed by atoms with van der Waals surface area (Å²) in [5, 5.41) is 0. The predicted molar refractivity (Wildman–Crippen MR) is 127 cm³/mol. The number of rotatable bonds is 8. The van der Waals surface area contributed by atoms with Gasteiger partial charge in [0.25, 0.3) is 0 Å². The molecular formula is C27H32N4O. The van der Waals surface area contributed by atoms with E-state index in [1.54, 1.807) is 18.6 Å². The maximum absolute atomic E-state index is 13.2. The lowest BCUT2D eigenvalue weighted by Crippen LogP contribution is -2.41. The monoisotopic (exact) mass is 428 g/mol. The molecule has 1 amide bonds. The lowest BCUT2D eigenvalue weighted by molar-refractivity contribution is -0.132. The van der Waals surface area contributed by atoms with E-state index in [1.807, 2.05) is 35.4 Å². The van der Waals surface area contributed by atoms with E-state index in [0.717, 1.165) is 50.1 Å². The highest BCUT2D eigenvalue weighted by atomic mass is 16.2. The van der Waals surface area contributed by atoms with Crippen LogP contribution in [0.2, 0.25) is 0 Å². The van der Waals surface area contributed by atoms with E-state index >= 15 is 0 Å². The summed E-state index contributed by atoms with van der Waals surface area (Å²) in [6.45, 7) is 6.76. The van der Waals surface area contributed by atoms with Crippen molar-refractivity contribution in [2.45, 2.75) is 39.3 Å². The molecule has 0 radical (unpaired) electrons. The number of likely N-dealkylation sites (tertiary alicyclic amines) is 1. The van der Waals surface area contributed by atoms with Gasteiger partial charge in [0, 0.05) is 44.4 Å². The molecule has 1 aromatic carbocycles. The van der Waals surface area contributed by atoms with Gasteiger partial charge in [0.1, 0.15) is 0 Å². The van der Waals surface area contributed by atoms with Gasteiger partial charge >= 0.3 is 0 Å². The number of carbonyl (C=O) groups is 1. The standard InChI is InChI=1S/C27H32N4O/c1-22-6-2-3-9-26(22)21-30-14-10-23(11-15-30)19-31(20-25-8-5-13-29-18-25)27(32)16-24-7-4-12-28-17-24/h2-9,12-13,17-18,23H,10-11,14-16,19-21H2,1H3. The molecule has 4 rings (SSSR count). The van der Waals surface area contributed by atoms with Crippen LogP contribution in [0.25, 0.3) is 0 Å². The van der Waals surface area contributed by atoms with Crippen LogP contribution < -0.4 is 0 Å². The molecule has 2 aromatic heterocycles. The summed E-state index contributed by atoms with van der Waals surface area (Å²) in [4.78, 5) is 26.2. The maximum Gasteiger partial charge on any atom is 0.227 e. The number of nitrogens with zero attached hydrogens (tertiary/aromatic N) is 4. The molecule has 32 heavy (non-hydrogen) atoms. The number of aromatic nitrogens is 2. The highest BCUT2D eigenvalue weighted by Gasteiger charge is 2.24. The molecular weight excluding hydrogens is 396 g/mol. The number of hydrogen-bond donors (Lipinski definition) is 0. The van der Waals surface area contributed by atoms with Gasteiger partial charge < -0.3 is 4.90 Å². The molecule has 1 fully saturated rings. The number of hydrogen-bond acceptors (Lipinski definition) is 4. The van der Waals surface area contributed by atoms with E-state index in [1.165, 1.54) is 11.1 Å². The molecule has 5 heteroatoms. The van der Waals surface area contributed by atoms with Crippen molar-refractivity contribution in [3.63, 3.8) is 0 Å². The Balaban J connectivity index is 1.36. The molecule has 166 valence electrons. The summed E-state index contributed by atoms with van der Waals surface area (Å²) in [6.07, 6.45) is 9.78. The molecule has 0 aliphatic carbocycles. The Morgan fingerprint density at radius 3 is 2.31 bits per heavy atom. The van der Waals surface area contributed by atoms with E-state index in [4.69, 9.17) is 0 Å². The van der Waals surface area contributed by atoms with Gasteiger partial charge in [-0.3, -0.25) is 19.7 Å². The summed E-state index contributed by atoms with van der Waals surface area (Å²) >= 11 is 0. The van der Waals surface area contributed by atoms with Crippen molar-refractivity contribution >= 4 is 5.91 Å². The Labute approximate surface area is 191 Å². The number of pyridine rings is 2. The van der Waals surface area contributed by atoms with E-state index in [-0.39, 0.29) is 5.91 Å². The number of piperidine rings is 1. The van der Waals surface area contributed by atoms with Gasteiger partial charge in [0.05, 0.1) is 6.42 Å². The van der Waals surface area contributed by atoms with Crippen LogP contribution in [0.4, 0.5) is 0 Å². The largest absolute Gasteiger partial charge is 0.338 e. The maximum atomic E-state index is 13.2. The third-order valence-corrected chi connectivity index (χ3v) is 6.37. The highest BCUT2D eigenvalue weighted by molar-refractivity contribution is 5.78. The quantitative estimate of drug-likeness (QED) is 0.538. The predicted octanol–water partition coefficient (Wildman–Crippen LogP) is 4.27. The van der Waals surface area contributed by atoms with Crippen molar-refractivity contribution in [3.8, 4) is 0 Å². The smallest absolute Gasteiger partial charge is 0.227 e. The zero-order valence-corrected chi connectivity index (χ0v) is 18.9. The molecule has 0 bridgehead atoms.